The molecule has 0 saturated carbocycles. The topological polar surface area (TPSA) is 111 Å². The predicted octanol–water partition coefficient (Wildman–Crippen LogP) is 5.11. The molecule has 0 radical (unpaired) electrons. The third-order valence-corrected chi connectivity index (χ3v) is 8.02. The Kier molecular flexibility index (Phi) is 6.98. The first-order chi connectivity index (χ1) is 16.6. The lowest BCUT2D eigenvalue weighted by Crippen LogP contribution is -2.14. The highest BCUT2D eigenvalue weighted by Crippen LogP contribution is 2.32. The smallest absolute Gasteiger partial charge is 0.268 e. The van der Waals surface area contributed by atoms with Gasteiger partial charge in [-0.1, -0.05) is 23.7 Å². The van der Waals surface area contributed by atoms with Crippen LogP contribution in [0.5, 0.6) is 0 Å². The first-order valence-electron chi connectivity index (χ1n) is 10.8. The number of hydrogen-bond donors (Lipinski definition) is 1. The average Bonchev–Trinajstić information content (AvgIpc) is 3.29. The van der Waals surface area contributed by atoms with E-state index in [2.05, 4.69) is 25.5 Å². The van der Waals surface area contributed by atoms with Crippen molar-refractivity contribution in [1.82, 2.24) is 25.5 Å². The van der Waals surface area contributed by atoms with Gasteiger partial charge in [0.1, 0.15) is 11.5 Å². The Bertz CT molecular complexity index is 1510. The van der Waals surface area contributed by atoms with Crippen LogP contribution >= 0.6 is 11.6 Å². The van der Waals surface area contributed by atoms with E-state index in [1.807, 2.05) is 0 Å². The molecule has 0 aliphatic heterocycles. The maximum absolute atomic E-state index is 14.6. The summed E-state index contributed by atoms with van der Waals surface area (Å²) in [5.74, 6) is -0.377. The molecule has 35 heavy (non-hydrogen) atoms. The molecule has 0 amide bonds. The number of nitrogens with zero attached hydrogens (tertiary/aromatic N) is 4. The Labute approximate surface area is 209 Å². The van der Waals surface area contributed by atoms with Crippen LogP contribution < -0.4 is 5.32 Å². The SMILES string of the molecule is CNCc1ccc(-c2nnc(-c3nc(-c4ccc(S(=O)(=O)C(C)C)c(Cl)c4)cnc3C)o2)c(F)c1.[HH]. The van der Waals surface area contributed by atoms with Crippen molar-refractivity contribution in [2.24, 2.45) is 0 Å². The summed E-state index contributed by atoms with van der Waals surface area (Å²) < 4.78 is 45.4. The van der Waals surface area contributed by atoms with E-state index in [0.29, 0.717) is 29.2 Å². The molecule has 0 saturated heterocycles. The summed E-state index contributed by atoms with van der Waals surface area (Å²) in [4.78, 5) is 9.00. The van der Waals surface area contributed by atoms with Crippen LogP contribution in [0.25, 0.3) is 34.3 Å². The summed E-state index contributed by atoms with van der Waals surface area (Å²) in [6.45, 7) is 5.45. The highest BCUT2D eigenvalue weighted by Gasteiger charge is 2.23. The molecule has 8 nitrogen and oxygen atoms in total. The van der Waals surface area contributed by atoms with Crippen molar-refractivity contribution in [3.8, 4) is 34.3 Å². The first-order valence-corrected chi connectivity index (χ1v) is 12.7. The number of aromatic nitrogens is 4. The molecular formula is C24H25ClFN5O3S. The third kappa shape index (κ3) is 4.95. The Morgan fingerprint density at radius 1 is 1.14 bits per heavy atom. The van der Waals surface area contributed by atoms with Crippen LogP contribution in [-0.4, -0.2) is 40.9 Å². The first kappa shape index (κ1) is 24.9. The van der Waals surface area contributed by atoms with E-state index in [9.17, 15) is 12.8 Å². The Hall–Kier alpha value is -3.21. The minimum absolute atomic E-state index is 0. The second-order valence-corrected chi connectivity index (χ2v) is 11.1. The lowest BCUT2D eigenvalue weighted by molar-refractivity contribution is 0.567. The quantitative estimate of drug-likeness (QED) is 0.360. The minimum Gasteiger partial charge on any atom is -0.414 e. The van der Waals surface area contributed by atoms with E-state index in [1.54, 1.807) is 52.2 Å². The molecule has 4 rings (SSSR count). The van der Waals surface area contributed by atoms with Crippen LogP contribution in [0.15, 0.2) is 51.9 Å². The van der Waals surface area contributed by atoms with E-state index < -0.39 is 20.9 Å². The fourth-order valence-electron chi connectivity index (χ4n) is 3.41. The van der Waals surface area contributed by atoms with Gasteiger partial charge >= 0.3 is 0 Å². The zero-order valence-electron chi connectivity index (χ0n) is 19.5. The molecule has 11 heteroatoms. The van der Waals surface area contributed by atoms with E-state index in [4.69, 9.17) is 16.0 Å². The number of rotatable bonds is 7. The molecule has 2 heterocycles. The molecule has 1 N–H and O–H groups in total. The second kappa shape index (κ2) is 9.80. The lowest BCUT2D eigenvalue weighted by Gasteiger charge is -2.11. The summed E-state index contributed by atoms with van der Waals surface area (Å²) in [7, 11) is -1.75. The maximum Gasteiger partial charge on any atom is 0.268 e. The molecule has 0 fully saturated rings. The highest BCUT2D eigenvalue weighted by atomic mass is 35.5. The molecular weight excluding hydrogens is 493 g/mol. The van der Waals surface area contributed by atoms with Gasteiger partial charge < -0.3 is 9.73 Å². The van der Waals surface area contributed by atoms with Gasteiger partial charge in [-0.25, -0.2) is 17.8 Å². The van der Waals surface area contributed by atoms with Crippen LogP contribution in [0.2, 0.25) is 5.02 Å². The molecule has 0 atom stereocenters. The van der Waals surface area contributed by atoms with Gasteiger partial charge in [0.2, 0.25) is 0 Å². The number of benzene rings is 2. The van der Waals surface area contributed by atoms with Crippen molar-refractivity contribution in [3.05, 3.63) is 64.7 Å². The normalized spacial score (nSPS) is 11.9. The zero-order valence-corrected chi connectivity index (χ0v) is 21.1. The van der Waals surface area contributed by atoms with Gasteiger partial charge in [0.15, 0.2) is 9.84 Å². The van der Waals surface area contributed by atoms with Gasteiger partial charge in [-0.3, -0.25) is 4.98 Å². The molecule has 184 valence electrons. The molecule has 0 spiro atoms. The van der Waals surface area contributed by atoms with Crippen LogP contribution in [-0.2, 0) is 16.4 Å². The van der Waals surface area contributed by atoms with E-state index in [0.717, 1.165) is 5.56 Å². The molecule has 0 bridgehead atoms. The summed E-state index contributed by atoms with van der Waals surface area (Å²) in [6.07, 6.45) is 1.54. The zero-order chi connectivity index (χ0) is 25.3. The van der Waals surface area contributed by atoms with Crippen LogP contribution in [0.3, 0.4) is 0 Å². The summed E-state index contributed by atoms with van der Waals surface area (Å²) >= 11 is 6.31. The van der Waals surface area contributed by atoms with Crippen molar-refractivity contribution in [2.45, 2.75) is 37.5 Å². The minimum atomic E-state index is -3.53. The van der Waals surface area contributed by atoms with E-state index in [1.165, 1.54) is 18.2 Å². The van der Waals surface area contributed by atoms with Gasteiger partial charge in [-0.05, 0) is 57.6 Å². The standard InChI is InChI=1S/C24H23ClFN5O3S.H2/c1-13(2)35(32,33)21-8-6-16(10-18(21)25)20-12-28-14(3)22(29-20)24-31-30-23(34-24)17-7-5-15(11-27-4)9-19(17)26;/h5-10,12-13,27H,11H2,1-4H3;1H. The van der Waals surface area contributed by atoms with Crippen molar-refractivity contribution < 1.29 is 18.7 Å². The van der Waals surface area contributed by atoms with Gasteiger partial charge in [0.05, 0.1) is 38.3 Å². The van der Waals surface area contributed by atoms with Gasteiger partial charge in [0.25, 0.3) is 11.8 Å². The van der Waals surface area contributed by atoms with Crippen molar-refractivity contribution in [3.63, 3.8) is 0 Å². The second-order valence-electron chi connectivity index (χ2n) is 8.19. The Balaban J connectivity index is 0.00000361. The number of sulfone groups is 1. The van der Waals surface area contributed by atoms with E-state index in [-0.39, 0.29) is 28.7 Å². The van der Waals surface area contributed by atoms with Gasteiger partial charge in [-0.2, -0.15) is 0 Å². The van der Waals surface area contributed by atoms with Gasteiger partial charge in [-0.15, -0.1) is 10.2 Å². The average molecular weight is 518 g/mol. The fourth-order valence-corrected chi connectivity index (χ4v) is 5.01. The summed E-state index contributed by atoms with van der Waals surface area (Å²) in [5, 5.41) is 10.5. The summed E-state index contributed by atoms with van der Waals surface area (Å²) in [6, 6.07) is 9.38. The highest BCUT2D eigenvalue weighted by molar-refractivity contribution is 7.92. The number of nitrogens with one attached hydrogen (secondary N) is 1. The van der Waals surface area contributed by atoms with Crippen molar-refractivity contribution in [1.29, 1.82) is 0 Å². The molecule has 0 aliphatic rings. The Morgan fingerprint density at radius 2 is 1.89 bits per heavy atom. The third-order valence-electron chi connectivity index (χ3n) is 5.38. The molecule has 2 aromatic heterocycles. The largest absolute Gasteiger partial charge is 0.414 e. The predicted molar refractivity (Wildman–Crippen MR) is 133 cm³/mol. The van der Waals surface area contributed by atoms with Crippen LogP contribution in [0, 0.1) is 12.7 Å². The molecule has 0 aliphatic carbocycles. The number of aryl methyl sites for hydroxylation is 1. The van der Waals surface area contributed by atoms with Gasteiger partial charge in [0, 0.05) is 13.5 Å². The molecule has 4 aromatic rings. The Morgan fingerprint density at radius 3 is 2.54 bits per heavy atom. The van der Waals surface area contributed by atoms with Crippen molar-refractivity contribution >= 4 is 21.4 Å². The van der Waals surface area contributed by atoms with Crippen LogP contribution in [0.1, 0.15) is 26.5 Å². The van der Waals surface area contributed by atoms with E-state index >= 15 is 0 Å². The number of hydrogen-bond acceptors (Lipinski definition) is 8. The lowest BCUT2D eigenvalue weighted by atomic mass is 10.1. The number of halogens is 2. The summed E-state index contributed by atoms with van der Waals surface area (Å²) in [5.41, 5.74) is 2.82. The monoisotopic (exact) mass is 517 g/mol. The van der Waals surface area contributed by atoms with Crippen LogP contribution in [0.4, 0.5) is 4.39 Å². The fraction of sp³-hybridized carbons (Fsp3) is 0.250. The molecule has 0 unspecified atom stereocenters. The van der Waals surface area contributed by atoms with Crippen molar-refractivity contribution in [2.75, 3.05) is 7.05 Å². The maximum atomic E-state index is 14.6. The molecule has 2 aromatic carbocycles.